The first-order valence-corrected chi connectivity index (χ1v) is 7.69. The summed E-state index contributed by atoms with van der Waals surface area (Å²) in [4.78, 5) is 37.3. The lowest BCUT2D eigenvalue weighted by Crippen LogP contribution is -2.71. The maximum Gasteiger partial charge on any atom is 0.326 e. The van der Waals surface area contributed by atoms with Gasteiger partial charge in [0.15, 0.2) is 0 Å². The maximum absolute atomic E-state index is 12.3. The molecular weight excluding hydrogens is 296 g/mol. The molecule has 0 saturated carbocycles. The summed E-state index contributed by atoms with van der Waals surface area (Å²) in [6, 6.07) is 7.66. The van der Waals surface area contributed by atoms with Gasteiger partial charge in [0.2, 0.25) is 11.8 Å². The minimum Gasteiger partial charge on any atom is -0.480 e. The number of benzene rings is 1. The second-order valence-electron chi connectivity index (χ2n) is 6.95. The van der Waals surface area contributed by atoms with Crippen LogP contribution in [0, 0.1) is 5.41 Å². The molecule has 2 N–H and O–H groups in total. The molecule has 23 heavy (non-hydrogen) atoms. The van der Waals surface area contributed by atoms with Crippen molar-refractivity contribution in [2.75, 3.05) is 0 Å². The quantitative estimate of drug-likeness (QED) is 0.805. The molecule has 6 heteroatoms. The number of carboxylic acids is 1. The van der Waals surface area contributed by atoms with Gasteiger partial charge in [0, 0.05) is 0 Å². The van der Waals surface area contributed by atoms with Gasteiger partial charge in [-0.2, -0.15) is 0 Å². The Morgan fingerprint density at radius 1 is 1.30 bits per heavy atom. The molecule has 0 radical (unpaired) electrons. The largest absolute Gasteiger partial charge is 0.480 e. The van der Waals surface area contributed by atoms with Gasteiger partial charge in [-0.15, -0.1) is 0 Å². The van der Waals surface area contributed by atoms with Crippen LogP contribution in [0.15, 0.2) is 30.3 Å². The van der Waals surface area contributed by atoms with Gasteiger partial charge in [0.1, 0.15) is 12.1 Å². The molecule has 0 aromatic heterocycles. The Bertz CT molecular complexity index is 656. The number of carbonyl (C=O) groups excluding carboxylic acids is 2. The van der Waals surface area contributed by atoms with E-state index in [2.05, 4.69) is 5.32 Å². The number of β-lactam (4-membered cyclic amide) rings is 1. The van der Waals surface area contributed by atoms with Gasteiger partial charge < -0.3 is 15.3 Å². The zero-order valence-electron chi connectivity index (χ0n) is 13.2. The zero-order valence-corrected chi connectivity index (χ0v) is 13.2. The number of carboxylic acid groups (broad SMARTS) is 1. The standard InChI is InChI=1S/C17H20N2O4/c1-17(2)9-11-13(15(21)19(11)14(17)16(22)23)18-12(20)8-10-6-4-3-5-7-10/h3-7,11,13-14H,8-9H2,1-2H3,(H,18,20)(H,22,23)/t11?,13-,14-/m0/s1. The van der Waals surface area contributed by atoms with Crippen LogP contribution in [0.1, 0.15) is 25.8 Å². The van der Waals surface area contributed by atoms with Crippen molar-refractivity contribution in [3.63, 3.8) is 0 Å². The summed E-state index contributed by atoms with van der Waals surface area (Å²) >= 11 is 0. The lowest BCUT2D eigenvalue weighted by atomic mass is 9.83. The average molecular weight is 316 g/mol. The maximum atomic E-state index is 12.3. The van der Waals surface area contributed by atoms with E-state index in [9.17, 15) is 19.5 Å². The third-order valence-corrected chi connectivity index (χ3v) is 4.77. The van der Waals surface area contributed by atoms with Crippen molar-refractivity contribution in [1.82, 2.24) is 10.2 Å². The molecule has 3 atom stereocenters. The summed E-state index contributed by atoms with van der Waals surface area (Å²) < 4.78 is 0. The predicted molar refractivity (Wildman–Crippen MR) is 82.5 cm³/mol. The van der Waals surface area contributed by atoms with Gasteiger partial charge in [-0.25, -0.2) is 4.79 Å². The summed E-state index contributed by atoms with van der Waals surface area (Å²) in [5.74, 6) is -1.50. The van der Waals surface area contributed by atoms with E-state index in [0.29, 0.717) is 6.42 Å². The molecule has 6 nitrogen and oxygen atoms in total. The van der Waals surface area contributed by atoms with Crippen molar-refractivity contribution in [2.24, 2.45) is 5.41 Å². The van der Waals surface area contributed by atoms with Crippen LogP contribution in [0.4, 0.5) is 0 Å². The summed E-state index contributed by atoms with van der Waals surface area (Å²) in [6.07, 6.45) is 0.787. The zero-order chi connectivity index (χ0) is 16.8. The molecule has 1 unspecified atom stereocenters. The number of nitrogens with zero attached hydrogens (tertiary/aromatic N) is 1. The molecule has 1 aromatic carbocycles. The summed E-state index contributed by atoms with van der Waals surface area (Å²) in [7, 11) is 0. The molecule has 2 heterocycles. The molecule has 1 aromatic rings. The molecule has 0 aliphatic carbocycles. The molecule has 0 bridgehead atoms. The minimum absolute atomic E-state index is 0.211. The van der Waals surface area contributed by atoms with Gasteiger partial charge in [0.05, 0.1) is 12.5 Å². The highest BCUT2D eigenvalue weighted by atomic mass is 16.4. The van der Waals surface area contributed by atoms with Crippen LogP contribution in [0.25, 0.3) is 0 Å². The average Bonchev–Trinajstić information content (AvgIpc) is 2.74. The van der Waals surface area contributed by atoms with Crippen molar-refractivity contribution in [2.45, 2.75) is 44.8 Å². The van der Waals surface area contributed by atoms with Crippen molar-refractivity contribution in [3.8, 4) is 0 Å². The number of carbonyl (C=O) groups is 3. The smallest absolute Gasteiger partial charge is 0.326 e. The number of hydrogen-bond donors (Lipinski definition) is 2. The van der Waals surface area contributed by atoms with Crippen LogP contribution in [-0.4, -0.2) is 45.9 Å². The van der Waals surface area contributed by atoms with E-state index in [-0.39, 0.29) is 24.3 Å². The second-order valence-corrected chi connectivity index (χ2v) is 6.95. The Balaban J connectivity index is 1.66. The SMILES string of the molecule is CC1(C)CC2[C@H](NC(=O)Cc3ccccc3)C(=O)N2[C@H]1C(=O)O. The molecule has 2 aliphatic rings. The highest BCUT2D eigenvalue weighted by Crippen LogP contribution is 2.46. The number of nitrogens with one attached hydrogen (secondary N) is 1. The van der Waals surface area contributed by atoms with Crippen molar-refractivity contribution in [3.05, 3.63) is 35.9 Å². The monoisotopic (exact) mass is 316 g/mol. The van der Waals surface area contributed by atoms with Crippen LogP contribution in [0.5, 0.6) is 0 Å². The molecule has 2 saturated heterocycles. The molecule has 2 aliphatic heterocycles. The van der Waals surface area contributed by atoms with E-state index in [1.165, 1.54) is 4.90 Å². The van der Waals surface area contributed by atoms with E-state index >= 15 is 0 Å². The third-order valence-electron chi connectivity index (χ3n) is 4.77. The van der Waals surface area contributed by atoms with Crippen LogP contribution in [0.3, 0.4) is 0 Å². The van der Waals surface area contributed by atoms with Gasteiger partial charge in [-0.3, -0.25) is 9.59 Å². The van der Waals surface area contributed by atoms with E-state index in [0.717, 1.165) is 5.56 Å². The lowest BCUT2D eigenvalue weighted by molar-refractivity contribution is -0.162. The second kappa shape index (κ2) is 5.37. The van der Waals surface area contributed by atoms with E-state index in [1.54, 1.807) is 0 Å². The van der Waals surface area contributed by atoms with Crippen molar-refractivity contribution in [1.29, 1.82) is 0 Å². The highest BCUT2D eigenvalue weighted by molar-refractivity contribution is 5.97. The topological polar surface area (TPSA) is 86.7 Å². The normalized spacial score (nSPS) is 28.0. The molecule has 2 fully saturated rings. The number of amides is 2. The Kier molecular flexibility index (Phi) is 3.62. The minimum atomic E-state index is -0.986. The first kappa shape index (κ1) is 15.5. The summed E-state index contributed by atoms with van der Waals surface area (Å²) in [5, 5.41) is 12.1. The van der Waals surface area contributed by atoms with E-state index < -0.39 is 23.5 Å². The van der Waals surface area contributed by atoms with Gasteiger partial charge in [0.25, 0.3) is 0 Å². The number of aliphatic carboxylic acids is 1. The highest BCUT2D eigenvalue weighted by Gasteiger charge is 2.63. The molecular formula is C17H20N2O4. The van der Waals surface area contributed by atoms with Crippen molar-refractivity contribution >= 4 is 17.8 Å². The Hall–Kier alpha value is -2.37. The van der Waals surface area contributed by atoms with Gasteiger partial charge in [-0.1, -0.05) is 44.2 Å². The van der Waals surface area contributed by atoms with Crippen LogP contribution >= 0.6 is 0 Å². The lowest BCUT2D eigenvalue weighted by Gasteiger charge is -2.44. The molecule has 122 valence electrons. The van der Waals surface area contributed by atoms with E-state index in [1.807, 2.05) is 44.2 Å². The van der Waals surface area contributed by atoms with Gasteiger partial charge in [-0.05, 0) is 17.4 Å². The molecule has 2 amide bonds. The number of rotatable bonds is 4. The molecule has 3 rings (SSSR count). The predicted octanol–water partition coefficient (Wildman–Crippen LogP) is 0.808. The first-order chi connectivity index (χ1) is 10.8. The fraction of sp³-hybridized carbons (Fsp3) is 0.471. The number of fused-ring (bicyclic) bond motifs is 1. The Morgan fingerprint density at radius 3 is 2.57 bits per heavy atom. The fourth-order valence-electron chi connectivity index (χ4n) is 3.75. The van der Waals surface area contributed by atoms with Gasteiger partial charge >= 0.3 is 5.97 Å². The van der Waals surface area contributed by atoms with Crippen LogP contribution in [-0.2, 0) is 20.8 Å². The van der Waals surface area contributed by atoms with E-state index in [4.69, 9.17) is 0 Å². The fourth-order valence-corrected chi connectivity index (χ4v) is 3.75. The summed E-state index contributed by atoms with van der Waals surface area (Å²) in [6.45, 7) is 3.69. The number of hydrogen-bond acceptors (Lipinski definition) is 3. The van der Waals surface area contributed by atoms with Crippen LogP contribution < -0.4 is 5.32 Å². The molecule has 0 spiro atoms. The third kappa shape index (κ3) is 2.58. The van der Waals surface area contributed by atoms with Crippen molar-refractivity contribution < 1.29 is 19.5 Å². The Labute approximate surface area is 134 Å². The first-order valence-electron chi connectivity index (χ1n) is 7.69. The van der Waals surface area contributed by atoms with Crippen LogP contribution in [0.2, 0.25) is 0 Å². The summed E-state index contributed by atoms with van der Waals surface area (Å²) in [5.41, 5.74) is 0.384. The Morgan fingerprint density at radius 2 is 1.96 bits per heavy atom.